The van der Waals surface area contributed by atoms with Crippen molar-refractivity contribution in [1.82, 2.24) is 4.98 Å². The molecule has 92 valence electrons. The second kappa shape index (κ2) is 5.25. The Morgan fingerprint density at radius 2 is 2.53 bits per heavy atom. The van der Waals surface area contributed by atoms with E-state index in [1.807, 2.05) is 6.07 Å². The van der Waals surface area contributed by atoms with E-state index < -0.39 is 24.1 Å². The molecule has 1 aliphatic rings. The second-order valence-corrected chi connectivity index (χ2v) is 3.89. The standard InChI is InChI=1S/C12H15NO4/c1-2-16-12(15)10-9(14)7-17-11(10)8-4-3-5-13-6-8/h3-6,9-11,14H,2,7H2,1H3/t9-,10+,11-/m1/s1. The molecule has 2 rings (SSSR count). The van der Waals surface area contributed by atoms with E-state index in [2.05, 4.69) is 4.98 Å². The highest BCUT2D eigenvalue weighted by atomic mass is 16.5. The summed E-state index contributed by atoms with van der Waals surface area (Å²) in [6.45, 7) is 2.17. The Morgan fingerprint density at radius 1 is 1.71 bits per heavy atom. The van der Waals surface area contributed by atoms with Crippen molar-refractivity contribution in [3.63, 3.8) is 0 Å². The van der Waals surface area contributed by atoms with Gasteiger partial charge in [0, 0.05) is 18.0 Å². The smallest absolute Gasteiger partial charge is 0.314 e. The fourth-order valence-electron chi connectivity index (χ4n) is 1.98. The number of carbonyl (C=O) groups excluding carboxylic acids is 1. The van der Waals surface area contributed by atoms with Crippen LogP contribution < -0.4 is 0 Å². The van der Waals surface area contributed by atoms with Gasteiger partial charge in [-0.2, -0.15) is 0 Å². The molecule has 5 heteroatoms. The van der Waals surface area contributed by atoms with Crippen molar-refractivity contribution in [2.75, 3.05) is 13.2 Å². The van der Waals surface area contributed by atoms with Gasteiger partial charge >= 0.3 is 5.97 Å². The highest BCUT2D eigenvalue weighted by Crippen LogP contribution is 2.35. The molecule has 1 fully saturated rings. The minimum absolute atomic E-state index is 0.142. The molecule has 0 amide bonds. The first-order valence-electron chi connectivity index (χ1n) is 5.60. The Kier molecular flexibility index (Phi) is 3.71. The third-order valence-corrected chi connectivity index (χ3v) is 2.76. The van der Waals surface area contributed by atoms with E-state index in [1.165, 1.54) is 0 Å². The van der Waals surface area contributed by atoms with Crippen molar-refractivity contribution in [2.24, 2.45) is 5.92 Å². The number of carbonyl (C=O) groups is 1. The Labute approximate surface area is 99.4 Å². The lowest BCUT2D eigenvalue weighted by atomic mass is 9.94. The van der Waals surface area contributed by atoms with Crippen molar-refractivity contribution < 1.29 is 19.4 Å². The summed E-state index contributed by atoms with van der Waals surface area (Å²) in [5.41, 5.74) is 0.780. The summed E-state index contributed by atoms with van der Waals surface area (Å²) >= 11 is 0. The van der Waals surface area contributed by atoms with Crippen LogP contribution in [0.1, 0.15) is 18.6 Å². The summed E-state index contributed by atoms with van der Waals surface area (Å²) in [6.07, 6.45) is 1.99. The molecule has 5 nitrogen and oxygen atoms in total. The third kappa shape index (κ3) is 2.45. The van der Waals surface area contributed by atoms with Crippen LogP contribution in [0.5, 0.6) is 0 Å². The molecule has 2 heterocycles. The first-order chi connectivity index (χ1) is 8.24. The Morgan fingerprint density at radius 3 is 3.18 bits per heavy atom. The van der Waals surface area contributed by atoms with E-state index in [4.69, 9.17) is 9.47 Å². The van der Waals surface area contributed by atoms with Crippen molar-refractivity contribution >= 4 is 5.97 Å². The van der Waals surface area contributed by atoms with E-state index in [0.717, 1.165) is 5.56 Å². The SMILES string of the molecule is CCOC(=O)[C@H]1[C@H](O)CO[C@@H]1c1cccnc1. The van der Waals surface area contributed by atoms with Crippen molar-refractivity contribution in [3.8, 4) is 0 Å². The van der Waals surface area contributed by atoms with Gasteiger partial charge in [0.25, 0.3) is 0 Å². The molecule has 0 saturated carbocycles. The zero-order chi connectivity index (χ0) is 12.3. The second-order valence-electron chi connectivity index (χ2n) is 3.89. The minimum atomic E-state index is -0.820. The van der Waals surface area contributed by atoms with Crippen LogP contribution in [0, 0.1) is 5.92 Å². The van der Waals surface area contributed by atoms with Gasteiger partial charge < -0.3 is 14.6 Å². The van der Waals surface area contributed by atoms with E-state index in [-0.39, 0.29) is 6.61 Å². The van der Waals surface area contributed by atoms with Crippen LogP contribution in [0.3, 0.4) is 0 Å². The number of ether oxygens (including phenoxy) is 2. The lowest BCUT2D eigenvalue weighted by Crippen LogP contribution is -2.30. The molecule has 0 unspecified atom stereocenters. The zero-order valence-corrected chi connectivity index (χ0v) is 9.57. The number of hydrogen-bond acceptors (Lipinski definition) is 5. The molecule has 1 saturated heterocycles. The van der Waals surface area contributed by atoms with Gasteiger partial charge in [-0.15, -0.1) is 0 Å². The number of aromatic nitrogens is 1. The molecule has 3 atom stereocenters. The Bertz CT molecular complexity index is 381. The van der Waals surface area contributed by atoms with Crippen LogP contribution in [0.25, 0.3) is 0 Å². The lowest BCUT2D eigenvalue weighted by molar-refractivity contribution is -0.152. The van der Waals surface area contributed by atoms with Crippen molar-refractivity contribution in [3.05, 3.63) is 30.1 Å². The molecule has 1 aromatic heterocycles. The maximum atomic E-state index is 11.8. The number of hydrogen-bond donors (Lipinski definition) is 1. The summed E-state index contributed by atoms with van der Waals surface area (Å²) < 4.78 is 10.4. The van der Waals surface area contributed by atoms with E-state index in [9.17, 15) is 9.90 Å². The van der Waals surface area contributed by atoms with Gasteiger partial charge in [0.2, 0.25) is 0 Å². The van der Waals surface area contributed by atoms with Crippen LogP contribution in [-0.4, -0.2) is 35.4 Å². The largest absolute Gasteiger partial charge is 0.466 e. The number of pyridine rings is 1. The zero-order valence-electron chi connectivity index (χ0n) is 9.57. The molecule has 0 radical (unpaired) electrons. The molecule has 0 spiro atoms. The number of rotatable bonds is 3. The number of esters is 1. The first-order valence-corrected chi connectivity index (χ1v) is 5.60. The average Bonchev–Trinajstić information content (AvgIpc) is 2.73. The molecule has 0 aromatic carbocycles. The van der Waals surface area contributed by atoms with Gasteiger partial charge in [-0.3, -0.25) is 9.78 Å². The predicted molar refractivity (Wildman–Crippen MR) is 59.1 cm³/mol. The monoisotopic (exact) mass is 237 g/mol. The van der Waals surface area contributed by atoms with Gasteiger partial charge in [-0.25, -0.2) is 0 Å². The molecule has 1 aliphatic heterocycles. The molecule has 0 aliphatic carbocycles. The molecule has 17 heavy (non-hydrogen) atoms. The van der Waals surface area contributed by atoms with Crippen LogP contribution in [-0.2, 0) is 14.3 Å². The average molecular weight is 237 g/mol. The van der Waals surface area contributed by atoms with Gasteiger partial charge in [0.1, 0.15) is 12.0 Å². The summed E-state index contributed by atoms with van der Waals surface area (Å²) in [5.74, 6) is -1.09. The normalized spacial score (nSPS) is 28.0. The summed E-state index contributed by atoms with van der Waals surface area (Å²) in [7, 11) is 0. The van der Waals surface area contributed by atoms with Crippen LogP contribution in [0.2, 0.25) is 0 Å². The maximum absolute atomic E-state index is 11.8. The maximum Gasteiger partial charge on any atom is 0.314 e. The third-order valence-electron chi connectivity index (χ3n) is 2.76. The molecule has 0 bridgehead atoms. The van der Waals surface area contributed by atoms with E-state index >= 15 is 0 Å². The topological polar surface area (TPSA) is 68.7 Å². The molecular formula is C12H15NO4. The van der Waals surface area contributed by atoms with Crippen molar-refractivity contribution in [2.45, 2.75) is 19.1 Å². The molecular weight excluding hydrogens is 222 g/mol. The van der Waals surface area contributed by atoms with Gasteiger partial charge in [-0.05, 0) is 13.0 Å². The number of aliphatic hydroxyl groups excluding tert-OH is 1. The fourth-order valence-corrected chi connectivity index (χ4v) is 1.98. The quantitative estimate of drug-likeness (QED) is 0.783. The first kappa shape index (κ1) is 12.0. The van der Waals surface area contributed by atoms with E-state index in [1.54, 1.807) is 25.4 Å². The predicted octanol–water partition coefficient (Wildman–Crippen LogP) is 0.693. The Balaban J connectivity index is 2.19. The summed E-state index contributed by atoms with van der Waals surface area (Å²) in [4.78, 5) is 15.7. The van der Waals surface area contributed by atoms with Crippen LogP contribution in [0.4, 0.5) is 0 Å². The van der Waals surface area contributed by atoms with Gasteiger partial charge in [-0.1, -0.05) is 6.07 Å². The Hall–Kier alpha value is -1.46. The van der Waals surface area contributed by atoms with Crippen LogP contribution in [0.15, 0.2) is 24.5 Å². The highest BCUT2D eigenvalue weighted by molar-refractivity contribution is 5.74. The minimum Gasteiger partial charge on any atom is -0.466 e. The highest BCUT2D eigenvalue weighted by Gasteiger charge is 2.43. The fraction of sp³-hybridized carbons (Fsp3) is 0.500. The molecule has 1 aromatic rings. The van der Waals surface area contributed by atoms with Gasteiger partial charge in [0.05, 0.1) is 19.3 Å². The van der Waals surface area contributed by atoms with Gasteiger partial charge in [0.15, 0.2) is 0 Å². The molecule has 1 N–H and O–H groups in total. The van der Waals surface area contributed by atoms with E-state index in [0.29, 0.717) is 6.61 Å². The summed E-state index contributed by atoms with van der Waals surface area (Å²) in [6, 6.07) is 3.59. The summed E-state index contributed by atoms with van der Waals surface area (Å²) in [5, 5.41) is 9.77. The lowest BCUT2D eigenvalue weighted by Gasteiger charge is -2.18. The van der Waals surface area contributed by atoms with Crippen LogP contribution >= 0.6 is 0 Å². The van der Waals surface area contributed by atoms with Crippen molar-refractivity contribution in [1.29, 1.82) is 0 Å². The number of aliphatic hydroxyl groups is 1. The number of nitrogens with zero attached hydrogens (tertiary/aromatic N) is 1.